The third-order valence-electron chi connectivity index (χ3n) is 3.72. The van der Waals surface area contributed by atoms with Crippen LogP contribution in [-0.4, -0.2) is 63.0 Å². The molecule has 3 heterocycles. The summed E-state index contributed by atoms with van der Waals surface area (Å²) in [4.78, 5) is 47.4. The monoisotopic (exact) mass is 515 g/mol. The number of aromatic nitrogens is 4. The molecule has 170 valence electrons. The van der Waals surface area contributed by atoms with E-state index in [2.05, 4.69) is 28.1 Å². The van der Waals surface area contributed by atoms with Crippen molar-refractivity contribution >= 4 is 40.4 Å². The van der Waals surface area contributed by atoms with Gasteiger partial charge < -0.3 is 36.6 Å². The minimum absolute atomic E-state index is 0. The number of hydrogen-bond donors (Lipinski definition) is 6. The molecule has 1 fully saturated rings. The summed E-state index contributed by atoms with van der Waals surface area (Å²) in [6.45, 7) is -0.787. The Balaban J connectivity index is 0.00000256. The number of rotatable bonds is 8. The van der Waals surface area contributed by atoms with Crippen LogP contribution in [0.25, 0.3) is 11.2 Å². The van der Waals surface area contributed by atoms with E-state index in [1.807, 2.05) is 0 Å². The van der Waals surface area contributed by atoms with Crippen molar-refractivity contribution in [3.63, 3.8) is 0 Å². The molecule has 3 rings (SSSR count). The van der Waals surface area contributed by atoms with Crippen LogP contribution in [0.2, 0.25) is 0 Å². The first-order valence-corrected chi connectivity index (χ1v) is 12.3. The Kier molecular flexibility index (Phi) is 8.59. The molecule has 31 heavy (non-hydrogen) atoms. The van der Waals surface area contributed by atoms with E-state index in [0.717, 1.165) is 0 Å². The maximum atomic E-state index is 11.8. The average molecular weight is 515 g/mol. The van der Waals surface area contributed by atoms with E-state index in [9.17, 15) is 23.7 Å². The van der Waals surface area contributed by atoms with Gasteiger partial charge in [-0.1, -0.05) is 0 Å². The summed E-state index contributed by atoms with van der Waals surface area (Å²) in [6.07, 6.45) is -0.643. The number of nitrogens with two attached hydrogens (primary N) is 1. The molecule has 0 saturated carbocycles. The zero-order chi connectivity index (χ0) is 22.3. The van der Waals surface area contributed by atoms with Gasteiger partial charge in [-0.25, -0.2) is 28.6 Å². The largest absolute Gasteiger partial charge is 1.00 e. The third kappa shape index (κ3) is 7.08. The fourth-order valence-corrected chi connectivity index (χ4v) is 5.62. The van der Waals surface area contributed by atoms with Crippen LogP contribution >= 0.6 is 23.5 Å². The Morgan fingerprint density at radius 3 is 2.48 bits per heavy atom. The molecule has 2 unspecified atom stereocenters. The zero-order valence-corrected chi connectivity index (χ0v) is 20.3. The van der Waals surface area contributed by atoms with Gasteiger partial charge in [-0.3, -0.25) is 9.09 Å². The van der Waals surface area contributed by atoms with Crippen LogP contribution in [0.4, 0.5) is 5.82 Å². The number of ether oxygens (including phenoxy) is 1. The second-order valence-corrected chi connectivity index (χ2v) is 10.3. The van der Waals surface area contributed by atoms with Gasteiger partial charge in [0.2, 0.25) is 0 Å². The van der Waals surface area contributed by atoms with Gasteiger partial charge in [-0.2, -0.15) is 8.62 Å². The number of hydrogen-bond acceptors (Lipinski definition) is 12. The van der Waals surface area contributed by atoms with Gasteiger partial charge in [-0.05, 0) is 0 Å². The SMILES string of the molecule is Nc1ncnc2c1ncn2[C@H]1C[C@H](O)[C@@H](COP(=O)(O)OP(=O)(O)OP(=O)(O)O)O1.[H-].[Na+]. The molecule has 21 heteroatoms. The molecule has 1 aliphatic rings. The molecule has 7 N–H and O–H groups in total. The van der Waals surface area contributed by atoms with Crippen molar-refractivity contribution in [1.29, 1.82) is 0 Å². The normalized spacial score (nSPS) is 25.6. The fourth-order valence-electron chi connectivity index (χ4n) is 2.59. The van der Waals surface area contributed by atoms with E-state index >= 15 is 0 Å². The second-order valence-electron chi connectivity index (χ2n) is 5.90. The van der Waals surface area contributed by atoms with Gasteiger partial charge in [-0.15, -0.1) is 0 Å². The number of nitrogen functional groups attached to an aromatic ring is 1. The number of phosphoric acid groups is 3. The van der Waals surface area contributed by atoms with E-state index in [1.165, 1.54) is 17.2 Å². The van der Waals surface area contributed by atoms with E-state index in [0.29, 0.717) is 11.2 Å². The van der Waals surface area contributed by atoms with Gasteiger partial charge >= 0.3 is 53.0 Å². The van der Waals surface area contributed by atoms with E-state index in [4.69, 9.17) is 25.2 Å². The number of anilines is 1. The molecular formula is C10H17N5NaO12P3. The van der Waals surface area contributed by atoms with E-state index in [-0.39, 0.29) is 43.2 Å². The predicted molar refractivity (Wildman–Crippen MR) is 95.2 cm³/mol. The zero-order valence-electron chi connectivity index (χ0n) is 16.6. The third-order valence-corrected chi connectivity index (χ3v) is 7.52. The van der Waals surface area contributed by atoms with E-state index in [1.54, 1.807) is 0 Å². The van der Waals surface area contributed by atoms with Gasteiger partial charge in [0.05, 0.1) is 19.0 Å². The summed E-state index contributed by atoms with van der Waals surface area (Å²) in [6, 6.07) is 0. The molecule has 17 nitrogen and oxygen atoms in total. The first-order valence-electron chi connectivity index (χ1n) is 7.81. The molecule has 0 spiro atoms. The molecule has 1 saturated heterocycles. The molecule has 2 aromatic rings. The second kappa shape index (κ2) is 9.89. The van der Waals surface area contributed by atoms with Crippen LogP contribution in [0.3, 0.4) is 0 Å². The summed E-state index contributed by atoms with van der Waals surface area (Å²) in [5, 5.41) is 10.1. The van der Waals surface area contributed by atoms with Gasteiger partial charge in [0.15, 0.2) is 11.5 Å². The van der Waals surface area contributed by atoms with Crippen LogP contribution in [0.1, 0.15) is 14.1 Å². The minimum Gasteiger partial charge on any atom is -1.00 e. The van der Waals surface area contributed by atoms with Crippen molar-refractivity contribution in [3.8, 4) is 0 Å². The van der Waals surface area contributed by atoms with Gasteiger partial charge in [0.25, 0.3) is 0 Å². The Labute approximate surface area is 196 Å². The smallest absolute Gasteiger partial charge is 1.00 e. The average Bonchev–Trinajstić information content (AvgIpc) is 3.14. The standard InChI is InChI=1S/C10H16N5O12P3.Na.H/c11-9-8-10(13-3-12-9)15(4-14-8)7-1-5(16)6(25-7)2-24-29(20,21)27-30(22,23)26-28(17,18)19;;/h3-7,16H,1-2H2,(H,20,21)(H,22,23)(H2,11,12,13)(H2,17,18,19);;/q;+1;-1/t5-,6+,7+;;/m0../s1. The molecule has 5 atom stereocenters. The molecule has 0 bridgehead atoms. The van der Waals surface area contributed by atoms with E-state index < -0.39 is 48.5 Å². The van der Waals surface area contributed by atoms with Gasteiger partial charge in [0.1, 0.15) is 24.2 Å². The van der Waals surface area contributed by atoms with Gasteiger partial charge in [0, 0.05) is 6.42 Å². The Hall–Kier alpha value is -0.320. The summed E-state index contributed by atoms with van der Waals surface area (Å²) in [7, 11) is -16.5. The maximum absolute atomic E-state index is 11.8. The minimum atomic E-state index is -5.64. The number of nitrogens with zero attached hydrogens (tertiary/aromatic N) is 4. The quantitative estimate of drug-likeness (QED) is 0.147. The Morgan fingerprint density at radius 2 is 1.84 bits per heavy atom. The maximum Gasteiger partial charge on any atom is 1.00 e. The van der Waals surface area contributed by atoms with Crippen LogP contribution < -0.4 is 35.3 Å². The fraction of sp³-hybridized carbons (Fsp3) is 0.500. The molecule has 2 aromatic heterocycles. The molecule has 0 amide bonds. The number of imidazole rings is 1. The van der Waals surface area contributed by atoms with Crippen LogP contribution in [0.5, 0.6) is 0 Å². The summed E-state index contributed by atoms with van der Waals surface area (Å²) in [5.74, 6) is 0.126. The molecule has 0 radical (unpaired) electrons. The Morgan fingerprint density at radius 1 is 1.16 bits per heavy atom. The van der Waals surface area contributed by atoms with Crippen molar-refractivity contribution in [3.05, 3.63) is 12.7 Å². The number of phosphoric ester groups is 1. The molecular weight excluding hydrogens is 498 g/mol. The summed E-state index contributed by atoms with van der Waals surface area (Å²) in [5.41, 5.74) is 6.31. The number of fused-ring (bicyclic) bond motifs is 1. The molecule has 1 aliphatic heterocycles. The van der Waals surface area contributed by atoms with Crippen molar-refractivity contribution < 1.29 is 87.2 Å². The first-order chi connectivity index (χ1) is 13.8. The number of aliphatic hydroxyl groups is 1. The van der Waals surface area contributed by atoms with Crippen molar-refractivity contribution in [2.75, 3.05) is 12.3 Å². The van der Waals surface area contributed by atoms with Crippen molar-refractivity contribution in [1.82, 2.24) is 19.5 Å². The molecule has 0 aromatic carbocycles. The summed E-state index contributed by atoms with van der Waals surface area (Å²) < 4.78 is 52.3. The molecule has 0 aliphatic carbocycles. The van der Waals surface area contributed by atoms with Crippen molar-refractivity contribution in [2.45, 2.75) is 24.9 Å². The Bertz CT molecular complexity index is 1080. The van der Waals surface area contributed by atoms with Crippen LogP contribution in [0, 0.1) is 0 Å². The topological polar surface area (TPSA) is 259 Å². The van der Waals surface area contributed by atoms with Crippen molar-refractivity contribution in [2.24, 2.45) is 0 Å². The van der Waals surface area contributed by atoms with Crippen LogP contribution in [-0.2, 0) is 31.6 Å². The first kappa shape index (κ1) is 26.9. The van der Waals surface area contributed by atoms with Crippen LogP contribution in [0.15, 0.2) is 12.7 Å². The predicted octanol–water partition coefficient (Wildman–Crippen LogP) is -3.48. The summed E-state index contributed by atoms with van der Waals surface area (Å²) >= 11 is 0. The number of aliphatic hydroxyl groups excluding tert-OH is 1.